The molecular formula is C7H5NO2. The van der Waals surface area contributed by atoms with Gasteiger partial charge in [-0.15, -0.1) is 0 Å². The van der Waals surface area contributed by atoms with Crippen LogP contribution in [0.4, 0.5) is 0 Å². The van der Waals surface area contributed by atoms with Crippen molar-refractivity contribution in [1.82, 2.24) is 0 Å². The summed E-state index contributed by atoms with van der Waals surface area (Å²) < 4.78 is 0. The number of nitro groups is 1. The molecule has 0 fully saturated rings. The molecule has 0 heterocycles. The van der Waals surface area contributed by atoms with Crippen LogP contribution in [-0.2, 0) is 0 Å². The van der Waals surface area contributed by atoms with Gasteiger partial charge in [0.2, 0.25) is 0 Å². The molecule has 3 heteroatoms. The largest absolute Gasteiger partial charge is 0.264 e. The summed E-state index contributed by atoms with van der Waals surface area (Å²) in [4.78, 5) is 9.96. The van der Waals surface area contributed by atoms with E-state index in [9.17, 15) is 10.1 Å². The Morgan fingerprint density at radius 1 is 1.30 bits per heavy atom. The lowest BCUT2D eigenvalue weighted by Crippen LogP contribution is -1.92. The van der Waals surface area contributed by atoms with Crippen molar-refractivity contribution in [3.05, 3.63) is 45.5 Å². The summed E-state index contributed by atoms with van der Waals surface area (Å²) in [5.41, 5.74) is 1.74. The van der Waals surface area contributed by atoms with Gasteiger partial charge in [-0.3, -0.25) is 10.1 Å². The summed E-state index contributed by atoms with van der Waals surface area (Å²) in [6, 6.07) is 6.74. The number of benzene rings is 1. The molecule has 1 aromatic carbocycles. The third-order valence-corrected chi connectivity index (χ3v) is 1.71. The lowest BCUT2D eigenvalue weighted by Gasteiger charge is -1.80. The second-order valence-electron chi connectivity index (χ2n) is 2.32. The summed E-state index contributed by atoms with van der Waals surface area (Å²) in [5.74, 6) is 0. The molecule has 50 valence electrons. The van der Waals surface area contributed by atoms with Crippen LogP contribution in [0.3, 0.4) is 0 Å². The van der Waals surface area contributed by atoms with Crippen LogP contribution in [-0.4, -0.2) is 4.92 Å². The minimum atomic E-state index is -0.491. The number of fused-ring (bicyclic) bond motifs is 1. The third-order valence-electron chi connectivity index (χ3n) is 1.71. The van der Waals surface area contributed by atoms with Gasteiger partial charge in [-0.2, -0.15) is 0 Å². The Morgan fingerprint density at radius 2 is 1.80 bits per heavy atom. The van der Waals surface area contributed by atoms with Crippen molar-refractivity contribution >= 4 is 0 Å². The molecule has 0 aliphatic heterocycles. The van der Waals surface area contributed by atoms with Gasteiger partial charge in [-0.25, -0.2) is 0 Å². The molecule has 1 aliphatic carbocycles. The van der Waals surface area contributed by atoms with Crippen LogP contribution in [0, 0.1) is 10.1 Å². The molecule has 3 nitrogen and oxygen atoms in total. The lowest BCUT2D eigenvalue weighted by atomic mass is 10.4. The van der Waals surface area contributed by atoms with Gasteiger partial charge in [0.15, 0.2) is 0 Å². The van der Waals surface area contributed by atoms with Crippen molar-refractivity contribution < 1.29 is 4.92 Å². The van der Waals surface area contributed by atoms with Crippen LogP contribution in [0.15, 0.2) is 24.3 Å². The van der Waals surface area contributed by atoms with Crippen molar-refractivity contribution in [3.8, 4) is 0 Å². The minimum Gasteiger partial charge on any atom is -0.264 e. The first-order chi connectivity index (χ1) is 4.80. The molecule has 0 unspecified atom stereocenters. The molecule has 10 heavy (non-hydrogen) atoms. The van der Waals surface area contributed by atoms with Crippen LogP contribution in [0.25, 0.3) is 0 Å². The molecule has 1 aliphatic rings. The quantitative estimate of drug-likeness (QED) is 0.431. The Balaban J connectivity index is 2.37. The maximum Gasteiger partial charge on any atom is 0.264 e. The Bertz CT molecular complexity index is 272. The van der Waals surface area contributed by atoms with Gasteiger partial charge in [0.05, 0.1) is 0 Å². The summed E-state index contributed by atoms with van der Waals surface area (Å²) in [6.45, 7) is 0. The van der Waals surface area contributed by atoms with Gasteiger partial charge in [-0.1, -0.05) is 24.3 Å². The average molecular weight is 135 g/mol. The normalized spacial score (nSPS) is 14.4. The zero-order valence-corrected chi connectivity index (χ0v) is 5.15. The smallest absolute Gasteiger partial charge is 0.264 e. The first-order valence-electron chi connectivity index (χ1n) is 3.03. The molecule has 0 saturated carbocycles. The van der Waals surface area contributed by atoms with Gasteiger partial charge in [0.1, 0.15) is 0 Å². The van der Waals surface area contributed by atoms with Crippen molar-refractivity contribution in [2.75, 3.05) is 0 Å². The molecule has 0 aromatic heterocycles. The third kappa shape index (κ3) is 0.543. The molecule has 0 radical (unpaired) electrons. The van der Waals surface area contributed by atoms with Crippen molar-refractivity contribution in [1.29, 1.82) is 0 Å². The SMILES string of the molecule is O=[N+]([O-])C1c2ccccc21. The number of rotatable bonds is 1. The van der Waals surface area contributed by atoms with E-state index in [1.165, 1.54) is 0 Å². The molecule has 0 saturated heterocycles. The highest BCUT2D eigenvalue weighted by molar-refractivity contribution is 5.49. The predicted octanol–water partition coefficient (Wildman–Crippen LogP) is 1.37. The Hall–Kier alpha value is -1.38. The first kappa shape index (κ1) is 5.41. The van der Waals surface area contributed by atoms with Crippen LogP contribution < -0.4 is 0 Å². The van der Waals surface area contributed by atoms with Gasteiger partial charge < -0.3 is 0 Å². The number of nitrogens with zero attached hydrogens (tertiary/aromatic N) is 1. The fourth-order valence-electron chi connectivity index (χ4n) is 1.16. The maximum absolute atomic E-state index is 10.2. The summed E-state index contributed by atoms with van der Waals surface area (Å²) >= 11 is 0. The Morgan fingerprint density at radius 3 is 2.20 bits per heavy atom. The van der Waals surface area contributed by atoms with E-state index >= 15 is 0 Å². The van der Waals surface area contributed by atoms with Crippen LogP contribution in [0.2, 0.25) is 0 Å². The number of hydrogen-bond donors (Lipinski definition) is 0. The van der Waals surface area contributed by atoms with E-state index in [4.69, 9.17) is 0 Å². The highest BCUT2D eigenvalue weighted by Crippen LogP contribution is 2.42. The highest BCUT2D eigenvalue weighted by atomic mass is 16.6. The fraction of sp³-hybridized carbons (Fsp3) is 0.143. The van der Waals surface area contributed by atoms with Gasteiger partial charge in [0, 0.05) is 16.1 Å². The van der Waals surface area contributed by atoms with E-state index in [0.717, 1.165) is 11.1 Å². The molecular weight excluding hydrogens is 130 g/mol. The van der Waals surface area contributed by atoms with E-state index < -0.39 is 6.04 Å². The van der Waals surface area contributed by atoms with Crippen LogP contribution in [0.5, 0.6) is 0 Å². The zero-order valence-electron chi connectivity index (χ0n) is 5.15. The Kier molecular flexibility index (Phi) is 0.845. The van der Waals surface area contributed by atoms with Gasteiger partial charge in [-0.05, 0) is 0 Å². The number of hydrogen-bond acceptors (Lipinski definition) is 2. The molecule has 0 amide bonds. The topological polar surface area (TPSA) is 43.1 Å². The van der Waals surface area contributed by atoms with Crippen molar-refractivity contribution in [2.45, 2.75) is 6.04 Å². The molecule has 1 aromatic rings. The van der Waals surface area contributed by atoms with E-state index in [-0.39, 0.29) is 4.92 Å². The average Bonchev–Trinajstić information content (AvgIpc) is 2.60. The summed E-state index contributed by atoms with van der Waals surface area (Å²) in [6.07, 6.45) is 0. The second-order valence-corrected chi connectivity index (χ2v) is 2.32. The second kappa shape index (κ2) is 1.56. The van der Waals surface area contributed by atoms with E-state index in [2.05, 4.69) is 0 Å². The predicted molar refractivity (Wildman–Crippen MR) is 35.3 cm³/mol. The van der Waals surface area contributed by atoms with E-state index in [1.54, 1.807) is 12.1 Å². The monoisotopic (exact) mass is 135 g/mol. The van der Waals surface area contributed by atoms with Crippen molar-refractivity contribution in [2.24, 2.45) is 0 Å². The van der Waals surface area contributed by atoms with Gasteiger partial charge in [0.25, 0.3) is 6.04 Å². The van der Waals surface area contributed by atoms with Crippen LogP contribution >= 0.6 is 0 Å². The zero-order chi connectivity index (χ0) is 7.14. The van der Waals surface area contributed by atoms with E-state index in [1.807, 2.05) is 12.1 Å². The first-order valence-corrected chi connectivity index (χ1v) is 3.03. The van der Waals surface area contributed by atoms with E-state index in [0.29, 0.717) is 0 Å². The molecule has 0 bridgehead atoms. The highest BCUT2D eigenvalue weighted by Gasteiger charge is 2.42. The molecule has 0 spiro atoms. The summed E-state index contributed by atoms with van der Waals surface area (Å²) in [7, 11) is 0. The summed E-state index contributed by atoms with van der Waals surface area (Å²) in [5, 5.41) is 10.2. The Labute approximate surface area is 57.4 Å². The molecule has 2 rings (SSSR count). The van der Waals surface area contributed by atoms with Crippen molar-refractivity contribution in [3.63, 3.8) is 0 Å². The maximum atomic E-state index is 10.2. The van der Waals surface area contributed by atoms with Crippen LogP contribution in [0.1, 0.15) is 17.2 Å². The lowest BCUT2D eigenvalue weighted by molar-refractivity contribution is -0.503. The fourth-order valence-corrected chi connectivity index (χ4v) is 1.16. The van der Waals surface area contributed by atoms with Gasteiger partial charge >= 0.3 is 0 Å². The minimum absolute atomic E-state index is 0.259. The molecule has 0 N–H and O–H groups in total. The standard InChI is InChI=1S/C7H5NO2/c9-8(10)7-5-3-1-2-4-6(5)7/h1-4,7H. The molecule has 0 atom stereocenters.